The molecule has 1 nitrogen and oxygen atoms in total. The number of rotatable bonds is 2. The fraction of sp³-hybridized carbons (Fsp3) is 0.455. The Bertz CT molecular complexity index is 336. The van der Waals surface area contributed by atoms with Gasteiger partial charge in [-0.15, -0.1) is 0 Å². The van der Waals surface area contributed by atoms with Gasteiger partial charge in [0.1, 0.15) is 0 Å². The minimum absolute atomic E-state index is 0.115. The van der Waals surface area contributed by atoms with E-state index in [1.807, 2.05) is 18.2 Å². The molecule has 1 saturated carbocycles. The van der Waals surface area contributed by atoms with Crippen LogP contribution in [-0.2, 0) is 0 Å². The van der Waals surface area contributed by atoms with Gasteiger partial charge in [0.25, 0.3) is 0 Å². The van der Waals surface area contributed by atoms with Crippen LogP contribution < -0.4 is 5.73 Å². The van der Waals surface area contributed by atoms with Crippen LogP contribution in [-0.4, -0.2) is 0 Å². The molecule has 3 heteroatoms. The first-order chi connectivity index (χ1) is 6.68. The van der Waals surface area contributed by atoms with Crippen molar-refractivity contribution in [3.8, 4) is 0 Å². The highest BCUT2D eigenvalue weighted by Gasteiger charge is 2.26. The molecule has 0 aliphatic heterocycles. The van der Waals surface area contributed by atoms with Crippen LogP contribution in [0.3, 0.4) is 0 Å². The second-order valence-corrected chi connectivity index (χ2v) is 5.21. The molecule has 0 heterocycles. The SMILES string of the molecule is N[C@@H](c1ccc(Br)cc1Cl)C1CCC1. The molecule has 2 rings (SSSR count). The Kier molecular flexibility index (Phi) is 3.15. The maximum Gasteiger partial charge on any atom is 0.0465 e. The van der Waals surface area contributed by atoms with E-state index in [9.17, 15) is 0 Å². The maximum atomic E-state index is 6.15. The largest absolute Gasteiger partial charge is 0.324 e. The Hall–Kier alpha value is -0.0500. The fourth-order valence-corrected chi connectivity index (χ4v) is 2.62. The van der Waals surface area contributed by atoms with Gasteiger partial charge in [-0.1, -0.05) is 40.0 Å². The van der Waals surface area contributed by atoms with Crippen LogP contribution >= 0.6 is 27.5 Å². The number of hydrogen-bond acceptors (Lipinski definition) is 1. The average molecular weight is 275 g/mol. The Morgan fingerprint density at radius 2 is 2.14 bits per heavy atom. The zero-order valence-corrected chi connectivity index (χ0v) is 10.2. The molecule has 1 aliphatic rings. The van der Waals surface area contributed by atoms with Crippen LogP contribution in [0.5, 0.6) is 0 Å². The van der Waals surface area contributed by atoms with E-state index in [-0.39, 0.29) is 6.04 Å². The predicted molar refractivity (Wildman–Crippen MR) is 63.4 cm³/mol. The van der Waals surface area contributed by atoms with Crippen molar-refractivity contribution in [3.05, 3.63) is 33.3 Å². The predicted octanol–water partition coefficient (Wildman–Crippen LogP) is 3.90. The third-order valence-corrected chi connectivity index (χ3v) is 3.80. The van der Waals surface area contributed by atoms with Crippen molar-refractivity contribution >= 4 is 27.5 Å². The summed E-state index contributed by atoms with van der Waals surface area (Å²) in [5.41, 5.74) is 7.23. The first-order valence-electron chi connectivity index (χ1n) is 4.89. The number of halogens is 2. The number of nitrogens with two attached hydrogens (primary N) is 1. The summed E-state index contributed by atoms with van der Waals surface area (Å²) in [7, 11) is 0. The third-order valence-electron chi connectivity index (χ3n) is 2.98. The molecule has 2 N–H and O–H groups in total. The molecule has 0 bridgehead atoms. The van der Waals surface area contributed by atoms with Crippen molar-refractivity contribution in [2.75, 3.05) is 0 Å². The van der Waals surface area contributed by atoms with Gasteiger partial charge < -0.3 is 5.73 Å². The maximum absolute atomic E-state index is 6.15. The molecule has 0 aromatic heterocycles. The summed E-state index contributed by atoms with van der Waals surface area (Å²) >= 11 is 9.53. The van der Waals surface area contributed by atoms with E-state index in [4.69, 9.17) is 17.3 Å². The molecule has 76 valence electrons. The van der Waals surface area contributed by atoms with Gasteiger partial charge in [-0.2, -0.15) is 0 Å². The quantitative estimate of drug-likeness (QED) is 0.869. The molecule has 0 radical (unpaired) electrons. The van der Waals surface area contributed by atoms with E-state index in [2.05, 4.69) is 15.9 Å². The number of hydrogen-bond donors (Lipinski definition) is 1. The van der Waals surface area contributed by atoms with Gasteiger partial charge >= 0.3 is 0 Å². The van der Waals surface area contributed by atoms with Crippen molar-refractivity contribution in [1.29, 1.82) is 0 Å². The molecule has 1 aromatic rings. The van der Waals surface area contributed by atoms with Gasteiger partial charge in [0.2, 0.25) is 0 Å². The summed E-state index contributed by atoms with van der Waals surface area (Å²) in [5.74, 6) is 0.633. The van der Waals surface area contributed by atoms with Crippen molar-refractivity contribution in [1.82, 2.24) is 0 Å². The van der Waals surface area contributed by atoms with Crippen LogP contribution in [0.25, 0.3) is 0 Å². The monoisotopic (exact) mass is 273 g/mol. The molecule has 1 aliphatic carbocycles. The van der Waals surface area contributed by atoms with E-state index >= 15 is 0 Å². The standard InChI is InChI=1S/C11H13BrClN/c12-8-4-5-9(10(13)6-8)11(14)7-2-1-3-7/h4-7,11H,1-3,14H2/t11-/m1/s1. The summed E-state index contributed by atoms with van der Waals surface area (Å²) in [4.78, 5) is 0. The average Bonchev–Trinajstić information content (AvgIpc) is 2.00. The first kappa shape index (κ1) is 10.5. The van der Waals surface area contributed by atoms with E-state index in [0.29, 0.717) is 5.92 Å². The van der Waals surface area contributed by atoms with Crippen LogP contribution in [0.4, 0.5) is 0 Å². The third kappa shape index (κ3) is 1.97. The molecule has 1 aromatic carbocycles. The molecule has 0 unspecified atom stereocenters. The van der Waals surface area contributed by atoms with Crippen LogP contribution in [0, 0.1) is 5.92 Å². The van der Waals surface area contributed by atoms with E-state index in [0.717, 1.165) is 15.1 Å². The summed E-state index contributed by atoms with van der Waals surface area (Å²) < 4.78 is 1.01. The molecule has 0 saturated heterocycles. The molecule has 14 heavy (non-hydrogen) atoms. The first-order valence-corrected chi connectivity index (χ1v) is 6.06. The summed E-state index contributed by atoms with van der Waals surface area (Å²) in [6.45, 7) is 0. The van der Waals surface area contributed by atoms with Crippen LogP contribution in [0.15, 0.2) is 22.7 Å². The summed E-state index contributed by atoms with van der Waals surface area (Å²) in [5, 5.41) is 0.777. The minimum Gasteiger partial charge on any atom is -0.324 e. The van der Waals surface area contributed by atoms with Gasteiger partial charge in [-0.05, 0) is 36.5 Å². The minimum atomic E-state index is 0.115. The Balaban J connectivity index is 2.22. The van der Waals surface area contributed by atoms with Gasteiger partial charge in [-0.25, -0.2) is 0 Å². The van der Waals surface area contributed by atoms with Crippen LogP contribution in [0.2, 0.25) is 5.02 Å². The van der Waals surface area contributed by atoms with E-state index < -0.39 is 0 Å². The van der Waals surface area contributed by atoms with Crippen molar-refractivity contribution in [3.63, 3.8) is 0 Å². The lowest BCUT2D eigenvalue weighted by atomic mass is 9.77. The molecule has 0 amide bonds. The molecule has 0 spiro atoms. The lowest BCUT2D eigenvalue weighted by Crippen LogP contribution is -2.27. The molecule has 1 fully saturated rings. The highest BCUT2D eigenvalue weighted by Crippen LogP contribution is 2.38. The normalized spacial score (nSPS) is 19.1. The zero-order chi connectivity index (χ0) is 10.1. The van der Waals surface area contributed by atoms with Crippen molar-refractivity contribution < 1.29 is 0 Å². The molecular formula is C11H13BrClN. The lowest BCUT2D eigenvalue weighted by molar-refractivity contribution is 0.264. The van der Waals surface area contributed by atoms with Gasteiger partial charge in [0.15, 0.2) is 0 Å². The Labute approximate surface area is 97.8 Å². The second-order valence-electron chi connectivity index (χ2n) is 3.88. The summed E-state index contributed by atoms with van der Waals surface area (Å²) in [6.07, 6.45) is 3.80. The topological polar surface area (TPSA) is 26.0 Å². The van der Waals surface area contributed by atoms with Crippen LogP contribution in [0.1, 0.15) is 30.9 Å². The van der Waals surface area contributed by atoms with Crippen molar-refractivity contribution in [2.24, 2.45) is 11.7 Å². The smallest absolute Gasteiger partial charge is 0.0465 e. The van der Waals surface area contributed by atoms with Gasteiger partial charge in [-0.3, -0.25) is 0 Å². The number of benzene rings is 1. The highest BCUT2D eigenvalue weighted by atomic mass is 79.9. The van der Waals surface area contributed by atoms with E-state index in [1.165, 1.54) is 19.3 Å². The Morgan fingerprint density at radius 1 is 1.43 bits per heavy atom. The summed E-state index contributed by atoms with van der Waals surface area (Å²) in [6, 6.07) is 6.05. The van der Waals surface area contributed by atoms with Crippen molar-refractivity contribution in [2.45, 2.75) is 25.3 Å². The van der Waals surface area contributed by atoms with E-state index in [1.54, 1.807) is 0 Å². The molecule has 1 atom stereocenters. The Morgan fingerprint density at radius 3 is 2.64 bits per heavy atom. The van der Waals surface area contributed by atoms with Gasteiger partial charge in [0, 0.05) is 15.5 Å². The fourth-order valence-electron chi connectivity index (χ4n) is 1.82. The zero-order valence-electron chi connectivity index (χ0n) is 7.84. The lowest BCUT2D eigenvalue weighted by Gasteiger charge is -2.31. The second kappa shape index (κ2) is 4.21. The molecular weight excluding hydrogens is 261 g/mol. The van der Waals surface area contributed by atoms with Gasteiger partial charge in [0.05, 0.1) is 0 Å². The highest BCUT2D eigenvalue weighted by molar-refractivity contribution is 9.10.